The summed E-state index contributed by atoms with van der Waals surface area (Å²) in [4.78, 5) is 2.52. The molecule has 0 saturated carbocycles. The summed E-state index contributed by atoms with van der Waals surface area (Å²) in [5.41, 5.74) is 5.21. The van der Waals surface area contributed by atoms with Crippen molar-refractivity contribution in [3.63, 3.8) is 0 Å². The van der Waals surface area contributed by atoms with Gasteiger partial charge in [0.2, 0.25) is 0 Å². The van der Waals surface area contributed by atoms with Gasteiger partial charge in [-0.3, -0.25) is 4.90 Å². The van der Waals surface area contributed by atoms with Crippen molar-refractivity contribution in [3.8, 4) is 0 Å². The molecule has 106 valence electrons. The SMILES string of the molecule is Cc1cc([C@@H]2CCCN2Cc2ccc(C)c(C)c2)no1. The van der Waals surface area contributed by atoms with Gasteiger partial charge in [-0.25, -0.2) is 0 Å². The van der Waals surface area contributed by atoms with E-state index < -0.39 is 0 Å². The van der Waals surface area contributed by atoms with E-state index in [4.69, 9.17) is 4.52 Å². The van der Waals surface area contributed by atoms with Crippen LogP contribution >= 0.6 is 0 Å². The average Bonchev–Trinajstić information content (AvgIpc) is 3.03. The fourth-order valence-electron chi connectivity index (χ4n) is 3.03. The number of benzene rings is 1. The van der Waals surface area contributed by atoms with E-state index in [0.717, 1.165) is 24.5 Å². The third-order valence-corrected chi connectivity index (χ3v) is 4.31. The molecule has 0 amide bonds. The molecule has 1 aromatic heterocycles. The minimum atomic E-state index is 0.411. The van der Waals surface area contributed by atoms with E-state index in [1.165, 1.54) is 29.5 Å². The minimum absolute atomic E-state index is 0.411. The molecular formula is C17H22N2O. The highest BCUT2D eigenvalue weighted by molar-refractivity contribution is 5.30. The molecule has 0 bridgehead atoms. The molecule has 2 aromatic rings. The zero-order valence-corrected chi connectivity index (χ0v) is 12.5. The quantitative estimate of drug-likeness (QED) is 0.846. The molecule has 0 unspecified atom stereocenters. The molecule has 3 nitrogen and oxygen atoms in total. The standard InChI is InChI=1S/C17H22N2O/c1-12-6-7-15(9-13(12)2)11-19-8-4-5-17(19)16-10-14(3)20-18-16/h6-7,9-10,17H,4-5,8,11H2,1-3H3/t17-/m0/s1. The van der Waals surface area contributed by atoms with E-state index in [1.54, 1.807) is 0 Å². The van der Waals surface area contributed by atoms with E-state index in [0.29, 0.717) is 6.04 Å². The van der Waals surface area contributed by atoms with E-state index in [2.05, 4.69) is 48.2 Å². The third-order valence-electron chi connectivity index (χ3n) is 4.31. The van der Waals surface area contributed by atoms with Crippen molar-refractivity contribution in [1.82, 2.24) is 10.1 Å². The second-order valence-electron chi connectivity index (χ2n) is 5.91. The first kappa shape index (κ1) is 13.4. The summed E-state index contributed by atoms with van der Waals surface area (Å²) in [7, 11) is 0. The van der Waals surface area contributed by atoms with Crippen LogP contribution in [0.3, 0.4) is 0 Å². The lowest BCUT2D eigenvalue weighted by Crippen LogP contribution is -2.23. The molecule has 3 rings (SSSR count). The maximum absolute atomic E-state index is 5.23. The Morgan fingerprint density at radius 3 is 2.75 bits per heavy atom. The van der Waals surface area contributed by atoms with Crippen LogP contribution in [-0.2, 0) is 6.54 Å². The third kappa shape index (κ3) is 2.63. The molecule has 0 N–H and O–H groups in total. The molecule has 1 aliphatic heterocycles. The van der Waals surface area contributed by atoms with Gasteiger partial charge in [0, 0.05) is 12.6 Å². The number of likely N-dealkylation sites (tertiary alicyclic amines) is 1. The zero-order chi connectivity index (χ0) is 14.1. The highest BCUT2D eigenvalue weighted by Crippen LogP contribution is 2.32. The fourth-order valence-corrected chi connectivity index (χ4v) is 3.03. The summed E-state index contributed by atoms with van der Waals surface area (Å²) in [6, 6.07) is 9.25. The molecular weight excluding hydrogens is 248 g/mol. The van der Waals surface area contributed by atoms with Crippen LogP contribution < -0.4 is 0 Å². The summed E-state index contributed by atoms with van der Waals surface area (Å²) in [6.07, 6.45) is 2.41. The molecule has 20 heavy (non-hydrogen) atoms. The first-order chi connectivity index (χ1) is 9.63. The maximum atomic E-state index is 5.23. The van der Waals surface area contributed by atoms with Gasteiger partial charge in [0.1, 0.15) is 11.5 Å². The zero-order valence-electron chi connectivity index (χ0n) is 12.5. The summed E-state index contributed by atoms with van der Waals surface area (Å²) in [6.45, 7) is 8.44. The van der Waals surface area contributed by atoms with E-state index in [1.807, 2.05) is 6.92 Å². The fraction of sp³-hybridized carbons (Fsp3) is 0.471. The number of hydrogen-bond donors (Lipinski definition) is 0. The smallest absolute Gasteiger partial charge is 0.133 e. The van der Waals surface area contributed by atoms with E-state index in [9.17, 15) is 0 Å². The number of nitrogens with zero attached hydrogens (tertiary/aromatic N) is 2. The van der Waals surface area contributed by atoms with Gasteiger partial charge in [0.25, 0.3) is 0 Å². The summed E-state index contributed by atoms with van der Waals surface area (Å²) >= 11 is 0. The highest BCUT2D eigenvalue weighted by Gasteiger charge is 2.28. The van der Waals surface area contributed by atoms with Gasteiger partial charge < -0.3 is 4.52 Å². The lowest BCUT2D eigenvalue weighted by molar-refractivity contribution is 0.236. The molecule has 1 atom stereocenters. The van der Waals surface area contributed by atoms with Crippen LogP contribution in [0.1, 0.15) is 47.0 Å². The summed E-state index contributed by atoms with van der Waals surface area (Å²) < 4.78 is 5.23. The van der Waals surface area contributed by atoms with Crippen LogP contribution in [0, 0.1) is 20.8 Å². The molecule has 2 heterocycles. The van der Waals surface area contributed by atoms with Crippen molar-refractivity contribution in [2.45, 2.75) is 46.2 Å². The Morgan fingerprint density at radius 1 is 1.20 bits per heavy atom. The van der Waals surface area contributed by atoms with Crippen molar-refractivity contribution >= 4 is 0 Å². The van der Waals surface area contributed by atoms with Gasteiger partial charge in [-0.1, -0.05) is 23.4 Å². The van der Waals surface area contributed by atoms with Gasteiger partial charge in [-0.2, -0.15) is 0 Å². The first-order valence-corrected chi connectivity index (χ1v) is 7.37. The van der Waals surface area contributed by atoms with Crippen LogP contribution in [0.2, 0.25) is 0 Å². The molecule has 1 aromatic carbocycles. The van der Waals surface area contributed by atoms with Crippen molar-refractivity contribution in [2.75, 3.05) is 6.54 Å². The second kappa shape index (κ2) is 5.41. The van der Waals surface area contributed by atoms with Gasteiger partial charge in [0.15, 0.2) is 0 Å². The Kier molecular flexibility index (Phi) is 3.62. The summed E-state index contributed by atoms with van der Waals surface area (Å²) in [5.74, 6) is 0.901. The van der Waals surface area contributed by atoms with Crippen molar-refractivity contribution in [1.29, 1.82) is 0 Å². The van der Waals surface area contributed by atoms with Crippen LogP contribution in [-0.4, -0.2) is 16.6 Å². The number of hydrogen-bond acceptors (Lipinski definition) is 3. The van der Waals surface area contributed by atoms with Crippen LogP contribution in [0.25, 0.3) is 0 Å². The second-order valence-corrected chi connectivity index (χ2v) is 5.91. The van der Waals surface area contributed by atoms with Gasteiger partial charge >= 0.3 is 0 Å². The number of aromatic nitrogens is 1. The lowest BCUT2D eigenvalue weighted by atomic mass is 10.1. The number of aryl methyl sites for hydroxylation is 3. The predicted octanol–water partition coefficient (Wildman–Crippen LogP) is 3.94. The molecule has 1 fully saturated rings. The molecule has 1 saturated heterocycles. The molecule has 1 aliphatic rings. The number of rotatable bonds is 3. The predicted molar refractivity (Wildman–Crippen MR) is 79.5 cm³/mol. The normalized spacial score (nSPS) is 19.6. The highest BCUT2D eigenvalue weighted by atomic mass is 16.5. The van der Waals surface area contributed by atoms with E-state index >= 15 is 0 Å². The molecule has 0 spiro atoms. The van der Waals surface area contributed by atoms with Gasteiger partial charge in [-0.15, -0.1) is 0 Å². The van der Waals surface area contributed by atoms with Crippen molar-refractivity contribution in [2.24, 2.45) is 0 Å². The topological polar surface area (TPSA) is 29.3 Å². The average molecular weight is 270 g/mol. The lowest BCUT2D eigenvalue weighted by Gasteiger charge is -2.23. The molecule has 3 heteroatoms. The summed E-state index contributed by atoms with van der Waals surface area (Å²) in [5, 5.41) is 4.20. The Morgan fingerprint density at radius 2 is 2.05 bits per heavy atom. The molecule has 0 radical (unpaired) electrons. The minimum Gasteiger partial charge on any atom is -0.361 e. The Balaban J connectivity index is 1.77. The van der Waals surface area contributed by atoms with Crippen molar-refractivity contribution < 1.29 is 4.52 Å². The van der Waals surface area contributed by atoms with Crippen LogP contribution in [0.15, 0.2) is 28.8 Å². The van der Waals surface area contributed by atoms with Crippen molar-refractivity contribution in [3.05, 3.63) is 52.4 Å². The Bertz CT molecular complexity index is 603. The van der Waals surface area contributed by atoms with Gasteiger partial charge in [0.05, 0.1) is 6.04 Å². The Labute approximate surface area is 120 Å². The first-order valence-electron chi connectivity index (χ1n) is 7.37. The Hall–Kier alpha value is -1.61. The van der Waals surface area contributed by atoms with Crippen LogP contribution in [0.5, 0.6) is 0 Å². The molecule has 0 aliphatic carbocycles. The largest absolute Gasteiger partial charge is 0.361 e. The van der Waals surface area contributed by atoms with Crippen LogP contribution in [0.4, 0.5) is 0 Å². The monoisotopic (exact) mass is 270 g/mol. The van der Waals surface area contributed by atoms with Gasteiger partial charge in [-0.05, 0) is 56.8 Å². The van der Waals surface area contributed by atoms with E-state index in [-0.39, 0.29) is 0 Å². The maximum Gasteiger partial charge on any atom is 0.133 e.